The molecule has 2 aromatic rings. The second kappa shape index (κ2) is 6.73. The van der Waals surface area contributed by atoms with Crippen LogP contribution < -0.4 is 10.2 Å². The first-order chi connectivity index (χ1) is 13.6. The van der Waals surface area contributed by atoms with Crippen LogP contribution in [0.15, 0.2) is 42.5 Å². The minimum atomic E-state index is -1.71. The fourth-order valence-corrected chi connectivity index (χ4v) is 4.53. The maximum atomic E-state index is 13.3. The zero-order chi connectivity index (χ0) is 21.1. The van der Waals surface area contributed by atoms with Crippen molar-refractivity contribution in [2.24, 2.45) is 11.8 Å². The summed E-state index contributed by atoms with van der Waals surface area (Å²) >= 11 is 11.9. The summed E-state index contributed by atoms with van der Waals surface area (Å²) in [5.41, 5.74) is -1.14. The molecule has 0 spiro atoms. The summed E-state index contributed by atoms with van der Waals surface area (Å²) in [5.74, 6) is -4.77. The van der Waals surface area contributed by atoms with Crippen LogP contribution in [0.3, 0.4) is 0 Å². The molecule has 3 N–H and O–H groups in total. The normalized spacial score (nSPS) is 28.7. The van der Waals surface area contributed by atoms with Crippen molar-refractivity contribution in [3.8, 4) is 5.75 Å². The molecular weight excluding hydrogens is 419 g/mol. The molecule has 0 aliphatic carbocycles. The van der Waals surface area contributed by atoms with E-state index in [1.54, 1.807) is 12.1 Å². The molecule has 2 aliphatic heterocycles. The molecule has 4 rings (SSSR count). The molecule has 0 bridgehead atoms. The highest BCUT2D eigenvalue weighted by Gasteiger charge is 2.67. The van der Waals surface area contributed by atoms with Crippen LogP contribution in [0, 0.1) is 11.8 Å². The van der Waals surface area contributed by atoms with Crippen LogP contribution in [-0.4, -0.2) is 33.5 Å². The third-order valence-electron chi connectivity index (χ3n) is 5.64. The number of halogens is 2. The standard InChI is InChI=1S/C20H16Cl2N2O5/c1-20(19(28)29)15-14(16(23-20)12-8-10(22)4-7-13(12)25)17(26)24(18(15)27)11-5-2-9(21)3-6-11/h2-8,14-16,23,25H,1H3,(H,28,29)/t14-,15-,16-,20+/m1/s1. The molecule has 2 fully saturated rings. The summed E-state index contributed by atoms with van der Waals surface area (Å²) < 4.78 is 0. The molecule has 7 nitrogen and oxygen atoms in total. The number of benzene rings is 2. The number of amides is 2. The number of imide groups is 1. The minimum absolute atomic E-state index is 0.148. The number of anilines is 1. The highest BCUT2D eigenvalue weighted by molar-refractivity contribution is 6.31. The van der Waals surface area contributed by atoms with Gasteiger partial charge in [-0.3, -0.25) is 19.7 Å². The highest BCUT2D eigenvalue weighted by atomic mass is 35.5. The Hall–Kier alpha value is -2.61. The SMILES string of the molecule is C[C@]1(C(=O)O)N[C@H](c2cc(Cl)ccc2O)[C@@H]2C(=O)N(c3ccc(Cl)cc3)C(=O)[C@@H]21. The number of hydrogen-bond donors (Lipinski definition) is 3. The molecule has 2 heterocycles. The van der Waals surface area contributed by atoms with Gasteiger partial charge < -0.3 is 10.2 Å². The van der Waals surface area contributed by atoms with Gasteiger partial charge in [0, 0.05) is 21.7 Å². The summed E-state index contributed by atoms with van der Waals surface area (Å²) in [6.45, 7) is 1.37. The van der Waals surface area contributed by atoms with Crippen LogP contribution in [0.2, 0.25) is 10.0 Å². The Labute approximate surface area is 175 Å². The zero-order valence-corrected chi connectivity index (χ0v) is 16.6. The Morgan fingerprint density at radius 3 is 2.31 bits per heavy atom. The molecule has 9 heteroatoms. The summed E-state index contributed by atoms with van der Waals surface area (Å²) in [5, 5.41) is 23.8. The van der Waals surface area contributed by atoms with Gasteiger partial charge in [-0.25, -0.2) is 4.90 Å². The van der Waals surface area contributed by atoms with Crippen molar-refractivity contribution in [2.75, 3.05) is 4.90 Å². The van der Waals surface area contributed by atoms with E-state index in [1.807, 2.05) is 0 Å². The van der Waals surface area contributed by atoms with Gasteiger partial charge in [-0.2, -0.15) is 0 Å². The van der Waals surface area contributed by atoms with E-state index in [-0.39, 0.29) is 11.3 Å². The quantitative estimate of drug-likeness (QED) is 0.640. The van der Waals surface area contributed by atoms with E-state index in [0.717, 1.165) is 4.90 Å². The van der Waals surface area contributed by atoms with Crippen LogP contribution in [-0.2, 0) is 14.4 Å². The summed E-state index contributed by atoms with van der Waals surface area (Å²) in [6.07, 6.45) is 0. The number of fused-ring (bicyclic) bond motifs is 1. The van der Waals surface area contributed by atoms with Gasteiger partial charge in [0.05, 0.1) is 17.5 Å². The van der Waals surface area contributed by atoms with Crippen LogP contribution in [0.4, 0.5) is 5.69 Å². The monoisotopic (exact) mass is 434 g/mol. The Kier molecular flexibility index (Phi) is 4.57. The fourth-order valence-electron chi connectivity index (χ4n) is 4.22. The molecule has 2 saturated heterocycles. The van der Waals surface area contributed by atoms with Gasteiger partial charge in [0.2, 0.25) is 11.8 Å². The molecule has 29 heavy (non-hydrogen) atoms. The van der Waals surface area contributed by atoms with Crippen molar-refractivity contribution < 1.29 is 24.6 Å². The molecule has 150 valence electrons. The predicted molar refractivity (Wildman–Crippen MR) is 106 cm³/mol. The summed E-state index contributed by atoms with van der Waals surface area (Å²) in [4.78, 5) is 39.6. The van der Waals surface area contributed by atoms with E-state index in [4.69, 9.17) is 23.2 Å². The number of rotatable bonds is 3. The molecule has 2 aromatic carbocycles. The van der Waals surface area contributed by atoms with Gasteiger partial charge in [0.15, 0.2) is 0 Å². The molecule has 0 radical (unpaired) electrons. The molecular formula is C20H16Cl2N2O5. The zero-order valence-electron chi connectivity index (χ0n) is 15.1. The first kappa shape index (κ1) is 19.7. The van der Waals surface area contributed by atoms with E-state index in [1.165, 1.54) is 37.3 Å². The average Bonchev–Trinajstić information content (AvgIpc) is 3.13. The number of phenols is 1. The third-order valence-corrected chi connectivity index (χ3v) is 6.13. The van der Waals surface area contributed by atoms with Crippen molar-refractivity contribution in [2.45, 2.75) is 18.5 Å². The highest BCUT2D eigenvalue weighted by Crippen LogP contribution is 2.51. The van der Waals surface area contributed by atoms with Crippen molar-refractivity contribution in [1.82, 2.24) is 5.32 Å². The Morgan fingerprint density at radius 1 is 1.07 bits per heavy atom. The van der Waals surface area contributed by atoms with E-state index in [9.17, 15) is 24.6 Å². The summed E-state index contributed by atoms with van der Waals surface area (Å²) in [7, 11) is 0. The number of carboxylic acid groups (broad SMARTS) is 1. The van der Waals surface area contributed by atoms with E-state index in [0.29, 0.717) is 15.7 Å². The Bertz CT molecular complexity index is 1040. The molecule has 2 aliphatic rings. The first-order valence-corrected chi connectivity index (χ1v) is 9.53. The van der Waals surface area contributed by atoms with Crippen LogP contribution in [0.1, 0.15) is 18.5 Å². The van der Waals surface area contributed by atoms with Gasteiger partial charge in [0.25, 0.3) is 0 Å². The van der Waals surface area contributed by atoms with Crippen molar-refractivity contribution in [3.63, 3.8) is 0 Å². The first-order valence-electron chi connectivity index (χ1n) is 8.78. The molecule has 4 atom stereocenters. The lowest BCUT2D eigenvalue weighted by Gasteiger charge is -2.27. The maximum Gasteiger partial charge on any atom is 0.324 e. The van der Waals surface area contributed by atoms with E-state index in [2.05, 4.69) is 5.32 Å². The Balaban J connectivity index is 1.85. The van der Waals surface area contributed by atoms with Gasteiger partial charge in [-0.05, 0) is 49.4 Å². The smallest absolute Gasteiger partial charge is 0.324 e. The van der Waals surface area contributed by atoms with Gasteiger partial charge >= 0.3 is 5.97 Å². The van der Waals surface area contributed by atoms with Crippen molar-refractivity contribution in [3.05, 3.63) is 58.1 Å². The molecule has 0 aromatic heterocycles. The molecule has 0 unspecified atom stereocenters. The number of nitrogens with zero attached hydrogens (tertiary/aromatic N) is 1. The number of carbonyl (C=O) groups is 3. The van der Waals surface area contributed by atoms with Crippen molar-refractivity contribution in [1.29, 1.82) is 0 Å². The second-order valence-corrected chi connectivity index (χ2v) is 8.20. The lowest BCUT2D eigenvalue weighted by molar-refractivity contribution is -0.147. The number of phenolic OH excluding ortho intramolecular Hbond substituents is 1. The largest absolute Gasteiger partial charge is 0.508 e. The number of carboxylic acids is 1. The van der Waals surface area contributed by atoms with Crippen molar-refractivity contribution >= 4 is 46.7 Å². The lowest BCUT2D eigenvalue weighted by atomic mass is 9.80. The number of carbonyl (C=O) groups excluding carboxylic acids is 2. The van der Waals surface area contributed by atoms with Crippen LogP contribution >= 0.6 is 23.2 Å². The van der Waals surface area contributed by atoms with Gasteiger partial charge in [-0.15, -0.1) is 0 Å². The Morgan fingerprint density at radius 2 is 1.69 bits per heavy atom. The predicted octanol–water partition coefficient (Wildman–Crippen LogP) is 2.99. The average molecular weight is 435 g/mol. The lowest BCUT2D eigenvalue weighted by Crippen LogP contribution is -2.53. The number of hydrogen-bond acceptors (Lipinski definition) is 5. The molecule has 0 saturated carbocycles. The maximum absolute atomic E-state index is 13.3. The van der Waals surface area contributed by atoms with E-state index < -0.39 is 41.2 Å². The number of aliphatic carboxylic acids is 1. The fraction of sp³-hybridized carbons (Fsp3) is 0.250. The van der Waals surface area contributed by atoms with Crippen LogP contribution in [0.5, 0.6) is 5.75 Å². The third kappa shape index (κ3) is 2.88. The minimum Gasteiger partial charge on any atom is -0.508 e. The second-order valence-electron chi connectivity index (χ2n) is 7.32. The van der Waals surface area contributed by atoms with Gasteiger partial charge in [0.1, 0.15) is 11.3 Å². The van der Waals surface area contributed by atoms with Gasteiger partial charge in [-0.1, -0.05) is 23.2 Å². The molecule has 2 amide bonds. The topological polar surface area (TPSA) is 107 Å². The number of aromatic hydroxyl groups is 1. The van der Waals surface area contributed by atoms with Crippen LogP contribution in [0.25, 0.3) is 0 Å². The summed E-state index contributed by atoms with van der Waals surface area (Å²) in [6, 6.07) is 9.53. The van der Waals surface area contributed by atoms with E-state index >= 15 is 0 Å². The number of nitrogens with one attached hydrogen (secondary N) is 1.